The fourth-order valence-corrected chi connectivity index (χ4v) is 2.42. The van der Waals surface area contributed by atoms with E-state index in [0.29, 0.717) is 28.2 Å². The van der Waals surface area contributed by atoms with E-state index < -0.39 is 0 Å². The fourth-order valence-electron chi connectivity index (χ4n) is 2.26. The van der Waals surface area contributed by atoms with Crippen LogP contribution in [0.25, 0.3) is 11.0 Å². The third kappa shape index (κ3) is 2.57. The second-order valence-electron chi connectivity index (χ2n) is 4.83. The Morgan fingerprint density at radius 2 is 1.91 bits per heavy atom. The molecule has 0 amide bonds. The Kier molecular flexibility index (Phi) is 3.61. The molecule has 5 nitrogen and oxygen atoms in total. The SMILES string of the molecule is Cc1cc(C#N)cc(C)c1Oc1nc(Cl)nc2ncccc12. The molecule has 2 aromatic heterocycles. The van der Waals surface area contributed by atoms with E-state index in [2.05, 4.69) is 21.0 Å². The van der Waals surface area contributed by atoms with Gasteiger partial charge in [0.15, 0.2) is 5.65 Å². The first-order chi connectivity index (χ1) is 10.6. The van der Waals surface area contributed by atoms with Crippen LogP contribution in [0.1, 0.15) is 16.7 Å². The molecule has 0 saturated carbocycles. The van der Waals surface area contributed by atoms with Gasteiger partial charge in [-0.2, -0.15) is 15.2 Å². The van der Waals surface area contributed by atoms with E-state index in [9.17, 15) is 0 Å². The molecule has 0 unspecified atom stereocenters. The third-order valence-electron chi connectivity index (χ3n) is 3.20. The molecule has 6 heteroatoms. The predicted octanol–water partition coefficient (Wildman–Crippen LogP) is 3.96. The first-order valence-corrected chi connectivity index (χ1v) is 6.94. The van der Waals surface area contributed by atoms with Crippen molar-refractivity contribution in [3.8, 4) is 17.7 Å². The van der Waals surface area contributed by atoms with Crippen molar-refractivity contribution in [3.63, 3.8) is 0 Å². The van der Waals surface area contributed by atoms with Gasteiger partial charge in [0.25, 0.3) is 0 Å². The highest BCUT2D eigenvalue weighted by molar-refractivity contribution is 6.28. The monoisotopic (exact) mass is 310 g/mol. The summed E-state index contributed by atoms with van der Waals surface area (Å²) in [6.45, 7) is 3.76. The zero-order valence-electron chi connectivity index (χ0n) is 12.0. The van der Waals surface area contributed by atoms with Crippen molar-refractivity contribution < 1.29 is 4.74 Å². The summed E-state index contributed by atoms with van der Waals surface area (Å²) >= 11 is 5.93. The first kappa shape index (κ1) is 14.2. The fraction of sp³-hybridized carbons (Fsp3) is 0.125. The number of rotatable bonds is 2. The van der Waals surface area contributed by atoms with Crippen LogP contribution >= 0.6 is 11.6 Å². The van der Waals surface area contributed by atoms with Crippen molar-refractivity contribution in [1.29, 1.82) is 5.26 Å². The molecule has 0 bridgehead atoms. The summed E-state index contributed by atoms with van der Waals surface area (Å²) in [6.07, 6.45) is 1.63. The van der Waals surface area contributed by atoms with Gasteiger partial charge in [0.2, 0.25) is 11.2 Å². The largest absolute Gasteiger partial charge is 0.438 e. The Morgan fingerprint density at radius 1 is 1.18 bits per heavy atom. The molecule has 2 heterocycles. The van der Waals surface area contributed by atoms with Crippen molar-refractivity contribution in [2.75, 3.05) is 0 Å². The number of halogens is 1. The number of nitrogens with zero attached hydrogens (tertiary/aromatic N) is 4. The zero-order valence-corrected chi connectivity index (χ0v) is 12.7. The summed E-state index contributed by atoms with van der Waals surface area (Å²) in [6, 6.07) is 9.27. The maximum atomic E-state index is 9.01. The molecule has 0 fully saturated rings. The number of hydrogen-bond acceptors (Lipinski definition) is 5. The maximum absolute atomic E-state index is 9.01. The lowest BCUT2D eigenvalue weighted by atomic mass is 10.1. The van der Waals surface area contributed by atoms with Gasteiger partial charge < -0.3 is 4.74 Å². The molecule has 0 spiro atoms. The topological polar surface area (TPSA) is 71.7 Å². The Balaban J connectivity index is 2.13. The molecule has 0 aliphatic heterocycles. The van der Waals surface area contributed by atoms with Crippen LogP contribution in [0.3, 0.4) is 0 Å². The molecule has 0 aliphatic carbocycles. The zero-order chi connectivity index (χ0) is 15.7. The van der Waals surface area contributed by atoms with Gasteiger partial charge in [-0.25, -0.2) is 4.98 Å². The van der Waals surface area contributed by atoms with Gasteiger partial charge in [-0.15, -0.1) is 0 Å². The normalized spacial score (nSPS) is 10.5. The maximum Gasteiger partial charge on any atom is 0.233 e. The van der Waals surface area contributed by atoms with Gasteiger partial charge in [0.1, 0.15) is 5.75 Å². The minimum Gasteiger partial charge on any atom is -0.438 e. The van der Waals surface area contributed by atoms with Gasteiger partial charge in [-0.3, -0.25) is 0 Å². The van der Waals surface area contributed by atoms with Crippen LogP contribution in [-0.2, 0) is 0 Å². The summed E-state index contributed by atoms with van der Waals surface area (Å²) in [4.78, 5) is 12.4. The summed E-state index contributed by atoms with van der Waals surface area (Å²) in [5, 5.41) is 9.76. The molecule has 0 saturated heterocycles. The second kappa shape index (κ2) is 5.58. The van der Waals surface area contributed by atoms with Crippen LogP contribution in [0.5, 0.6) is 11.6 Å². The molecule has 22 heavy (non-hydrogen) atoms. The van der Waals surface area contributed by atoms with Crippen LogP contribution in [0.2, 0.25) is 5.28 Å². The molecule has 1 aromatic carbocycles. The molecule has 0 N–H and O–H groups in total. The van der Waals surface area contributed by atoms with E-state index in [-0.39, 0.29) is 5.28 Å². The molecule has 3 aromatic rings. The number of benzene rings is 1. The van der Waals surface area contributed by atoms with Gasteiger partial charge >= 0.3 is 0 Å². The number of fused-ring (bicyclic) bond motifs is 1. The number of nitriles is 1. The van der Waals surface area contributed by atoms with Gasteiger partial charge in [0.05, 0.1) is 17.0 Å². The summed E-state index contributed by atoms with van der Waals surface area (Å²) in [5.74, 6) is 0.998. The van der Waals surface area contributed by atoms with E-state index in [4.69, 9.17) is 21.6 Å². The van der Waals surface area contributed by atoms with Crippen molar-refractivity contribution in [1.82, 2.24) is 15.0 Å². The molecule has 0 radical (unpaired) electrons. The summed E-state index contributed by atoms with van der Waals surface area (Å²) in [5.41, 5.74) is 2.77. The van der Waals surface area contributed by atoms with E-state index in [1.807, 2.05) is 19.9 Å². The Bertz CT molecular complexity index is 895. The number of pyridine rings is 1. The third-order valence-corrected chi connectivity index (χ3v) is 3.37. The Labute approximate surface area is 132 Å². The average Bonchev–Trinajstić information content (AvgIpc) is 2.50. The van der Waals surface area contributed by atoms with Crippen molar-refractivity contribution >= 4 is 22.6 Å². The highest BCUT2D eigenvalue weighted by atomic mass is 35.5. The van der Waals surface area contributed by atoms with Crippen LogP contribution in [-0.4, -0.2) is 15.0 Å². The second-order valence-corrected chi connectivity index (χ2v) is 5.16. The predicted molar refractivity (Wildman–Crippen MR) is 83.0 cm³/mol. The molecular formula is C16H11ClN4O. The van der Waals surface area contributed by atoms with Gasteiger partial charge in [-0.05, 0) is 60.8 Å². The van der Waals surface area contributed by atoms with Crippen LogP contribution in [0.15, 0.2) is 30.5 Å². The number of ether oxygens (including phenoxy) is 1. The number of aryl methyl sites for hydroxylation is 2. The van der Waals surface area contributed by atoms with E-state index >= 15 is 0 Å². The van der Waals surface area contributed by atoms with Crippen molar-refractivity contribution in [2.24, 2.45) is 0 Å². The lowest BCUT2D eigenvalue weighted by Crippen LogP contribution is -1.97. The molecule has 108 valence electrons. The van der Waals surface area contributed by atoms with Crippen LogP contribution < -0.4 is 4.74 Å². The number of hydrogen-bond donors (Lipinski definition) is 0. The molecule has 0 aliphatic rings. The van der Waals surface area contributed by atoms with Crippen molar-refractivity contribution in [3.05, 3.63) is 52.4 Å². The molecule has 0 atom stereocenters. The quantitative estimate of drug-likeness (QED) is 0.670. The minimum atomic E-state index is 0.0742. The minimum absolute atomic E-state index is 0.0742. The molecular weight excluding hydrogens is 300 g/mol. The van der Waals surface area contributed by atoms with Crippen molar-refractivity contribution in [2.45, 2.75) is 13.8 Å². The summed E-state index contributed by atoms with van der Waals surface area (Å²) < 4.78 is 5.95. The molecule has 3 rings (SSSR count). The van der Waals surface area contributed by atoms with E-state index in [0.717, 1.165) is 11.1 Å². The summed E-state index contributed by atoms with van der Waals surface area (Å²) in [7, 11) is 0. The smallest absolute Gasteiger partial charge is 0.233 e. The Hall–Kier alpha value is -2.71. The lowest BCUT2D eigenvalue weighted by Gasteiger charge is -2.12. The first-order valence-electron chi connectivity index (χ1n) is 6.56. The van der Waals surface area contributed by atoms with Crippen LogP contribution in [0, 0.1) is 25.2 Å². The van der Waals surface area contributed by atoms with Crippen LogP contribution in [0.4, 0.5) is 0 Å². The van der Waals surface area contributed by atoms with E-state index in [1.54, 1.807) is 24.4 Å². The highest BCUT2D eigenvalue weighted by Crippen LogP contribution is 2.32. The standard InChI is InChI=1S/C16H11ClN4O/c1-9-6-11(8-18)7-10(2)13(9)22-15-12-4-3-5-19-14(12)20-16(17)21-15/h3-7H,1-2H3. The van der Waals surface area contributed by atoms with E-state index in [1.165, 1.54) is 0 Å². The number of aromatic nitrogens is 3. The average molecular weight is 311 g/mol. The van der Waals surface area contributed by atoms with Gasteiger partial charge in [-0.1, -0.05) is 0 Å². The highest BCUT2D eigenvalue weighted by Gasteiger charge is 2.13. The Morgan fingerprint density at radius 3 is 2.59 bits per heavy atom. The lowest BCUT2D eigenvalue weighted by molar-refractivity contribution is 0.461. The van der Waals surface area contributed by atoms with Gasteiger partial charge in [0, 0.05) is 6.20 Å².